The second kappa shape index (κ2) is 6.41. The van der Waals surface area contributed by atoms with Crippen LogP contribution in [0.1, 0.15) is 46.0 Å². The molecule has 1 fully saturated rings. The van der Waals surface area contributed by atoms with Gasteiger partial charge in [-0.25, -0.2) is 0 Å². The van der Waals surface area contributed by atoms with Gasteiger partial charge in [0.2, 0.25) is 0 Å². The molecular weight excluding hydrogens is 174 g/mol. The molecule has 0 aromatic carbocycles. The zero-order chi connectivity index (χ0) is 10.4. The fourth-order valence-electron chi connectivity index (χ4n) is 2.25. The van der Waals surface area contributed by atoms with Gasteiger partial charge in [-0.1, -0.05) is 26.2 Å². The van der Waals surface area contributed by atoms with Crippen molar-refractivity contribution in [3.8, 4) is 0 Å². The van der Waals surface area contributed by atoms with E-state index in [1.165, 1.54) is 32.1 Å². The van der Waals surface area contributed by atoms with Crippen molar-refractivity contribution < 1.29 is 5.11 Å². The van der Waals surface area contributed by atoms with Crippen molar-refractivity contribution in [2.75, 3.05) is 13.2 Å². The lowest BCUT2D eigenvalue weighted by Crippen LogP contribution is -2.37. The summed E-state index contributed by atoms with van der Waals surface area (Å²) in [6.45, 7) is 5.62. The average molecular weight is 199 g/mol. The van der Waals surface area contributed by atoms with Crippen molar-refractivity contribution in [3.63, 3.8) is 0 Å². The Labute approximate surface area is 88.1 Å². The van der Waals surface area contributed by atoms with Crippen LogP contribution in [0, 0.1) is 11.8 Å². The Morgan fingerprint density at radius 3 is 2.43 bits per heavy atom. The molecule has 2 N–H and O–H groups in total. The first-order chi connectivity index (χ1) is 6.74. The molecule has 1 aliphatic rings. The molecule has 0 aromatic rings. The predicted octanol–water partition coefficient (Wildman–Crippen LogP) is 2.17. The maximum atomic E-state index is 8.92. The minimum absolute atomic E-state index is 0.296. The molecule has 0 spiro atoms. The first-order valence-corrected chi connectivity index (χ1v) is 6.08. The van der Waals surface area contributed by atoms with E-state index in [0.717, 1.165) is 12.5 Å². The fourth-order valence-corrected chi connectivity index (χ4v) is 2.25. The van der Waals surface area contributed by atoms with Gasteiger partial charge in [-0.2, -0.15) is 0 Å². The summed E-state index contributed by atoms with van der Waals surface area (Å²) in [5.74, 6) is 1.26. The number of aliphatic hydroxyl groups is 1. The van der Waals surface area contributed by atoms with Gasteiger partial charge >= 0.3 is 0 Å². The number of aliphatic hydroxyl groups excluding tert-OH is 1. The summed E-state index contributed by atoms with van der Waals surface area (Å²) in [4.78, 5) is 0. The first kappa shape index (κ1) is 12.0. The predicted molar refractivity (Wildman–Crippen MR) is 60.3 cm³/mol. The average Bonchev–Trinajstić information content (AvgIpc) is 2.26. The number of hydrogen-bond acceptors (Lipinski definition) is 2. The second-order valence-corrected chi connectivity index (χ2v) is 4.88. The van der Waals surface area contributed by atoms with Gasteiger partial charge in [0.05, 0.1) is 0 Å². The third-order valence-electron chi connectivity index (χ3n) is 3.46. The van der Waals surface area contributed by atoms with Crippen molar-refractivity contribution in [1.82, 2.24) is 5.32 Å². The first-order valence-electron chi connectivity index (χ1n) is 6.08. The van der Waals surface area contributed by atoms with Crippen LogP contribution in [0.3, 0.4) is 0 Å². The summed E-state index contributed by atoms with van der Waals surface area (Å²) in [5.41, 5.74) is 0. The summed E-state index contributed by atoms with van der Waals surface area (Å²) in [6, 6.07) is 0.629. The van der Waals surface area contributed by atoms with E-state index < -0.39 is 0 Å². The Hall–Kier alpha value is -0.0800. The van der Waals surface area contributed by atoms with Crippen molar-refractivity contribution in [2.24, 2.45) is 11.8 Å². The summed E-state index contributed by atoms with van der Waals surface area (Å²) in [5, 5.41) is 12.5. The summed E-state index contributed by atoms with van der Waals surface area (Å²) >= 11 is 0. The van der Waals surface area contributed by atoms with Crippen LogP contribution in [0.4, 0.5) is 0 Å². The molecule has 0 bridgehead atoms. The highest BCUT2D eigenvalue weighted by molar-refractivity contribution is 4.76. The lowest BCUT2D eigenvalue weighted by molar-refractivity contribution is 0.217. The van der Waals surface area contributed by atoms with E-state index in [1.54, 1.807) is 0 Å². The van der Waals surface area contributed by atoms with Gasteiger partial charge in [0, 0.05) is 19.2 Å². The van der Waals surface area contributed by atoms with Crippen LogP contribution in [0.2, 0.25) is 0 Å². The molecule has 0 radical (unpaired) electrons. The summed E-state index contributed by atoms with van der Waals surface area (Å²) in [6.07, 6.45) is 7.03. The van der Waals surface area contributed by atoms with Gasteiger partial charge in [0.15, 0.2) is 0 Å². The monoisotopic (exact) mass is 199 g/mol. The van der Waals surface area contributed by atoms with E-state index >= 15 is 0 Å². The Balaban J connectivity index is 2.16. The van der Waals surface area contributed by atoms with E-state index in [9.17, 15) is 0 Å². The van der Waals surface area contributed by atoms with E-state index in [0.29, 0.717) is 18.6 Å². The minimum Gasteiger partial charge on any atom is -0.396 e. The number of hydrogen-bond donors (Lipinski definition) is 2. The Morgan fingerprint density at radius 2 is 1.86 bits per heavy atom. The highest BCUT2D eigenvalue weighted by atomic mass is 16.3. The Kier molecular flexibility index (Phi) is 5.49. The summed E-state index contributed by atoms with van der Waals surface area (Å²) in [7, 11) is 0. The molecule has 0 aromatic heterocycles. The molecule has 0 amide bonds. The topological polar surface area (TPSA) is 32.3 Å². The van der Waals surface area contributed by atoms with Crippen LogP contribution >= 0.6 is 0 Å². The van der Waals surface area contributed by atoms with Crippen molar-refractivity contribution >= 4 is 0 Å². The zero-order valence-corrected chi connectivity index (χ0v) is 9.63. The van der Waals surface area contributed by atoms with Gasteiger partial charge in [-0.3, -0.25) is 0 Å². The van der Waals surface area contributed by atoms with Crippen molar-refractivity contribution in [1.29, 1.82) is 0 Å². The standard InChI is InChI=1S/C12H25NO/c1-10(9-14)8-13-11(2)12-6-4-3-5-7-12/h10-14H,3-9H2,1-2H3/t10?,11-/m0/s1. The van der Waals surface area contributed by atoms with E-state index in [4.69, 9.17) is 5.11 Å². The Bertz CT molecular complexity index is 143. The normalized spacial score (nSPS) is 23.4. The molecule has 0 heterocycles. The maximum Gasteiger partial charge on any atom is 0.0468 e. The lowest BCUT2D eigenvalue weighted by atomic mass is 9.84. The van der Waals surface area contributed by atoms with Gasteiger partial charge in [-0.15, -0.1) is 0 Å². The second-order valence-electron chi connectivity index (χ2n) is 4.88. The fraction of sp³-hybridized carbons (Fsp3) is 1.00. The molecule has 0 saturated heterocycles. The molecular formula is C12H25NO. The highest BCUT2D eigenvalue weighted by Crippen LogP contribution is 2.26. The van der Waals surface area contributed by atoms with Crippen molar-refractivity contribution in [2.45, 2.75) is 52.0 Å². The van der Waals surface area contributed by atoms with Crippen LogP contribution in [0.25, 0.3) is 0 Å². The SMILES string of the molecule is CC(CO)CN[C@@H](C)C1CCCCC1. The van der Waals surface area contributed by atoms with E-state index in [1.807, 2.05) is 0 Å². The third kappa shape index (κ3) is 3.97. The highest BCUT2D eigenvalue weighted by Gasteiger charge is 2.19. The molecule has 2 atom stereocenters. The van der Waals surface area contributed by atoms with Crippen LogP contribution in [0.5, 0.6) is 0 Å². The van der Waals surface area contributed by atoms with Crippen LogP contribution in [0.15, 0.2) is 0 Å². The summed E-state index contributed by atoms with van der Waals surface area (Å²) < 4.78 is 0. The quantitative estimate of drug-likeness (QED) is 0.711. The largest absolute Gasteiger partial charge is 0.396 e. The smallest absolute Gasteiger partial charge is 0.0468 e. The van der Waals surface area contributed by atoms with Crippen molar-refractivity contribution in [3.05, 3.63) is 0 Å². The molecule has 0 aliphatic heterocycles. The van der Waals surface area contributed by atoms with Crippen LogP contribution in [-0.2, 0) is 0 Å². The van der Waals surface area contributed by atoms with Crippen LogP contribution < -0.4 is 5.32 Å². The lowest BCUT2D eigenvalue weighted by Gasteiger charge is -2.29. The molecule has 14 heavy (non-hydrogen) atoms. The van der Waals surface area contributed by atoms with Gasteiger partial charge in [0.25, 0.3) is 0 Å². The van der Waals surface area contributed by atoms with Gasteiger partial charge in [0.1, 0.15) is 0 Å². The van der Waals surface area contributed by atoms with E-state index in [-0.39, 0.29) is 0 Å². The minimum atomic E-state index is 0.296. The van der Waals surface area contributed by atoms with Crippen LogP contribution in [-0.4, -0.2) is 24.3 Å². The molecule has 2 heteroatoms. The van der Waals surface area contributed by atoms with E-state index in [2.05, 4.69) is 19.2 Å². The molecule has 84 valence electrons. The molecule has 1 saturated carbocycles. The zero-order valence-electron chi connectivity index (χ0n) is 9.63. The molecule has 1 unspecified atom stereocenters. The molecule has 2 nitrogen and oxygen atoms in total. The number of nitrogens with one attached hydrogen (secondary N) is 1. The van der Waals surface area contributed by atoms with Gasteiger partial charge in [-0.05, 0) is 31.6 Å². The molecule has 1 aliphatic carbocycles. The third-order valence-corrected chi connectivity index (χ3v) is 3.46. The Morgan fingerprint density at radius 1 is 1.21 bits per heavy atom. The van der Waals surface area contributed by atoms with Gasteiger partial charge < -0.3 is 10.4 Å². The maximum absolute atomic E-state index is 8.92. The molecule has 1 rings (SSSR count). The number of rotatable bonds is 5.